The predicted octanol–water partition coefficient (Wildman–Crippen LogP) is 4.75. The van der Waals surface area contributed by atoms with Crippen molar-refractivity contribution in [3.63, 3.8) is 0 Å². The molecule has 2 fully saturated rings. The molecule has 5 nitrogen and oxygen atoms in total. The molecule has 5 rings (SSSR count). The summed E-state index contributed by atoms with van der Waals surface area (Å²) in [5.74, 6) is 2.20. The van der Waals surface area contributed by atoms with E-state index in [4.69, 9.17) is 32.9 Å². The van der Waals surface area contributed by atoms with Gasteiger partial charge in [0.15, 0.2) is 0 Å². The Kier molecular flexibility index (Phi) is 4.91. The van der Waals surface area contributed by atoms with Gasteiger partial charge in [0.05, 0.1) is 18.1 Å². The summed E-state index contributed by atoms with van der Waals surface area (Å²) in [6, 6.07) is 15.9. The molecule has 1 saturated heterocycles. The maximum absolute atomic E-state index is 12.8. The molecule has 1 aromatic heterocycles. The van der Waals surface area contributed by atoms with Crippen molar-refractivity contribution in [1.29, 1.82) is 0 Å². The van der Waals surface area contributed by atoms with Gasteiger partial charge in [-0.3, -0.25) is 4.79 Å². The summed E-state index contributed by atoms with van der Waals surface area (Å²) >= 11 is 12.6. The van der Waals surface area contributed by atoms with Crippen molar-refractivity contribution in [3.8, 4) is 5.75 Å². The van der Waals surface area contributed by atoms with Crippen LogP contribution in [0.15, 0.2) is 48.5 Å². The number of carbonyl (C=O) groups is 1. The molecule has 2 atom stereocenters. The van der Waals surface area contributed by atoms with Crippen LogP contribution in [0.25, 0.3) is 11.0 Å². The summed E-state index contributed by atoms with van der Waals surface area (Å²) < 4.78 is 6.80. The first-order valence-corrected chi connectivity index (χ1v) is 10.9. The molecule has 0 spiro atoms. The highest BCUT2D eigenvalue weighted by Crippen LogP contribution is 2.54. The van der Waals surface area contributed by atoms with E-state index in [0.29, 0.717) is 19.5 Å². The second-order valence-electron chi connectivity index (χ2n) is 8.25. The van der Waals surface area contributed by atoms with Gasteiger partial charge >= 0.3 is 0 Å². The van der Waals surface area contributed by atoms with Crippen LogP contribution in [0.5, 0.6) is 5.75 Å². The first-order valence-electron chi connectivity index (χ1n) is 10.2. The Morgan fingerprint density at radius 1 is 1.17 bits per heavy atom. The highest BCUT2D eigenvalue weighted by molar-refractivity contribution is 6.50. The lowest BCUT2D eigenvalue weighted by molar-refractivity contribution is -0.128. The average molecular weight is 444 g/mol. The van der Waals surface area contributed by atoms with Crippen LogP contribution in [0.3, 0.4) is 0 Å². The van der Waals surface area contributed by atoms with E-state index in [2.05, 4.69) is 10.6 Å². The van der Waals surface area contributed by atoms with Crippen molar-refractivity contribution in [2.75, 3.05) is 13.7 Å². The van der Waals surface area contributed by atoms with E-state index in [9.17, 15) is 4.79 Å². The molecule has 2 aromatic carbocycles. The van der Waals surface area contributed by atoms with Gasteiger partial charge in [0.2, 0.25) is 5.91 Å². The minimum Gasteiger partial charge on any atom is -0.497 e. The Labute approximate surface area is 185 Å². The Hall–Kier alpha value is -2.24. The van der Waals surface area contributed by atoms with E-state index in [0.717, 1.165) is 41.1 Å². The first kappa shape index (κ1) is 19.7. The zero-order valence-corrected chi connectivity index (χ0v) is 18.2. The number of imidazole rings is 1. The average Bonchev–Trinajstić information content (AvgIpc) is 3.03. The molecule has 0 bridgehead atoms. The first-order chi connectivity index (χ1) is 14.4. The number of hydrogen-bond donors (Lipinski definition) is 0. The number of rotatable bonds is 6. The lowest BCUT2D eigenvalue weighted by atomic mass is 10.1. The van der Waals surface area contributed by atoms with Crippen molar-refractivity contribution >= 4 is 40.1 Å². The summed E-state index contributed by atoms with van der Waals surface area (Å²) in [7, 11) is 1.65. The molecule has 30 heavy (non-hydrogen) atoms. The molecule has 0 unspecified atom stereocenters. The number of methoxy groups -OCH3 is 1. The number of benzene rings is 2. The minimum absolute atomic E-state index is 0.0574. The number of amides is 1. The summed E-state index contributed by atoms with van der Waals surface area (Å²) in [5, 5.41) is 0. The second kappa shape index (κ2) is 7.47. The van der Waals surface area contributed by atoms with E-state index < -0.39 is 4.33 Å². The number of fused-ring (bicyclic) bond motifs is 1. The normalized spacial score (nSPS) is 22.6. The number of carbonyl (C=O) groups excluding carboxylic acids is 1. The van der Waals surface area contributed by atoms with Crippen molar-refractivity contribution in [2.45, 2.75) is 36.2 Å². The SMILES string of the molecule is COc1ccc(CN2C[C@H](c3nc4ccccc4n3C[C@@H]3CC3(Cl)Cl)CC2=O)cc1. The molecule has 0 radical (unpaired) electrons. The van der Waals surface area contributed by atoms with Crippen LogP contribution in [0.1, 0.15) is 30.1 Å². The molecule has 3 aromatic rings. The lowest BCUT2D eigenvalue weighted by Crippen LogP contribution is -2.24. The Morgan fingerprint density at radius 3 is 2.60 bits per heavy atom. The van der Waals surface area contributed by atoms with Gasteiger partial charge in [0, 0.05) is 37.9 Å². The van der Waals surface area contributed by atoms with Crippen LogP contribution in [-0.2, 0) is 17.9 Å². The summed E-state index contributed by atoms with van der Waals surface area (Å²) in [5.41, 5.74) is 3.11. The topological polar surface area (TPSA) is 47.4 Å². The number of alkyl halides is 2. The Bertz CT molecular complexity index is 1090. The highest BCUT2D eigenvalue weighted by Gasteiger charge is 2.52. The van der Waals surface area contributed by atoms with E-state index in [-0.39, 0.29) is 17.7 Å². The minimum atomic E-state index is -0.644. The van der Waals surface area contributed by atoms with Gasteiger partial charge in [-0.1, -0.05) is 24.3 Å². The monoisotopic (exact) mass is 443 g/mol. The Morgan fingerprint density at radius 2 is 1.90 bits per heavy atom. The predicted molar refractivity (Wildman–Crippen MR) is 118 cm³/mol. The molecule has 156 valence electrons. The zero-order chi connectivity index (χ0) is 20.9. The number of para-hydroxylation sites is 2. The van der Waals surface area contributed by atoms with Crippen molar-refractivity contribution < 1.29 is 9.53 Å². The van der Waals surface area contributed by atoms with E-state index in [1.165, 1.54) is 0 Å². The van der Waals surface area contributed by atoms with Crippen LogP contribution in [0.4, 0.5) is 0 Å². The zero-order valence-electron chi connectivity index (χ0n) is 16.7. The van der Waals surface area contributed by atoms with Crippen LogP contribution < -0.4 is 4.74 Å². The summed E-state index contributed by atoms with van der Waals surface area (Å²) in [6.45, 7) is 1.98. The smallest absolute Gasteiger partial charge is 0.223 e. The molecule has 1 amide bonds. The van der Waals surface area contributed by atoms with Gasteiger partial charge in [0.1, 0.15) is 15.9 Å². The fourth-order valence-corrected chi connectivity index (χ4v) is 4.85. The second-order valence-corrected chi connectivity index (χ2v) is 9.80. The maximum Gasteiger partial charge on any atom is 0.223 e. The highest BCUT2D eigenvalue weighted by atomic mass is 35.5. The van der Waals surface area contributed by atoms with Crippen molar-refractivity contribution in [3.05, 3.63) is 59.9 Å². The number of likely N-dealkylation sites (tertiary alicyclic amines) is 1. The number of aromatic nitrogens is 2. The standard InChI is InChI=1S/C23H23Cl2N3O2/c1-30-18-8-6-15(7-9-18)12-27-13-16(10-21(27)29)22-26-19-4-2-3-5-20(19)28(22)14-17-11-23(17,24)25/h2-9,16-17H,10-14H2,1H3/t16-,17+/m1/s1. The molecule has 1 saturated carbocycles. The lowest BCUT2D eigenvalue weighted by Gasteiger charge is -2.18. The third-order valence-electron chi connectivity index (χ3n) is 6.15. The van der Waals surface area contributed by atoms with E-state index >= 15 is 0 Å². The number of hydrogen-bond acceptors (Lipinski definition) is 3. The van der Waals surface area contributed by atoms with Gasteiger partial charge in [-0.25, -0.2) is 4.98 Å². The van der Waals surface area contributed by atoms with E-state index in [1.54, 1.807) is 7.11 Å². The van der Waals surface area contributed by atoms with Crippen LogP contribution in [0.2, 0.25) is 0 Å². The number of nitrogens with zero attached hydrogens (tertiary/aromatic N) is 3. The molecule has 1 aliphatic heterocycles. The van der Waals surface area contributed by atoms with Gasteiger partial charge in [-0.15, -0.1) is 23.2 Å². The molecule has 1 aliphatic carbocycles. The van der Waals surface area contributed by atoms with E-state index in [1.807, 2.05) is 47.4 Å². The van der Waals surface area contributed by atoms with Crippen molar-refractivity contribution in [1.82, 2.24) is 14.5 Å². The largest absolute Gasteiger partial charge is 0.497 e. The van der Waals surface area contributed by atoms with Gasteiger partial charge < -0.3 is 14.2 Å². The summed E-state index contributed by atoms with van der Waals surface area (Å²) in [6.07, 6.45) is 1.26. The fourth-order valence-electron chi connectivity index (χ4n) is 4.34. The number of halogens is 2. The van der Waals surface area contributed by atoms with Crippen LogP contribution in [-0.4, -0.2) is 38.3 Å². The van der Waals surface area contributed by atoms with Gasteiger partial charge in [-0.05, 0) is 36.2 Å². The molecule has 7 heteroatoms. The maximum atomic E-state index is 12.8. The summed E-state index contributed by atoms with van der Waals surface area (Å²) in [4.78, 5) is 19.6. The molecule has 2 aliphatic rings. The Balaban J connectivity index is 1.39. The third-order valence-corrected chi connectivity index (χ3v) is 7.08. The van der Waals surface area contributed by atoms with Crippen LogP contribution >= 0.6 is 23.2 Å². The van der Waals surface area contributed by atoms with Gasteiger partial charge in [0.25, 0.3) is 0 Å². The van der Waals surface area contributed by atoms with Crippen molar-refractivity contribution in [2.24, 2.45) is 5.92 Å². The fraction of sp³-hybridized carbons (Fsp3) is 0.391. The molecule has 0 N–H and O–H groups in total. The molecule has 2 heterocycles. The van der Waals surface area contributed by atoms with Crippen LogP contribution in [0, 0.1) is 5.92 Å². The third kappa shape index (κ3) is 3.65. The number of ether oxygens (including phenoxy) is 1. The quantitative estimate of drug-likeness (QED) is 0.516. The molecular weight excluding hydrogens is 421 g/mol. The van der Waals surface area contributed by atoms with Gasteiger partial charge in [-0.2, -0.15) is 0 Å². The molecular formula is C23H23Cl2N3O2.